The quantitative estimate of drug-likeness (QED) is 0.585. The van der Waals surface area contributed by atoms with E-state index in [1.165, 1.54) is 12.1 Å². The van der Waals surface area contributed by atoms with Crippen LogP contribution in [0.3, 0.4) is 0 Å². The second-order valence-electron chi connectivity index (χ2n) is 6.63. The van der Waals surface area contributed by atoms with Gasteiger partial charge in [-0.25, -0.2) is 4.98 Å². The van der Waals surface area contributed by atoms with E-state index in [0.29, 0.717) is 31.6 Å². The predicted octanol–water partition coefficient (Wildman–Crippen LogP) is 5.50. The topological polar surface area (TPSA) is 71.2 Å². The summed E-state index contributed by atoms with van der Waals surface area (Å²) in [5.74, 6) is -0.210. The summed E-state index contributed by atoms with van der Waals surface area (Å²) in [7, 11) is 0. The molecule has 1 fully saturated rings. The van der Waals surface area contributed by atoms with Crippen molar-refractivity contribution >= 4 is 57.9 Å². The molecule has 0 saturated carbocycles. The van der Waals surface area contributed by atoms with Gasteiger partial charge in [-0.1, -0.05) is 34.8 Å². The molecule has 0 radical (unpaired) electrons. The Hall–Kier alpha value is -1.90. The fraction of sp³-hybridized carbons (Fsp3) is 0.333. The number of piperidine rings is 1. The third-order valence-corrected chi connectivity index (χ3v) is 5.56. The van der Waals surface area contributed by atoms with Crippen molar-refractivity contribution in [3.63, 3.8) is 0 Å². The Morgan fingerprint density at radius 3 is 2.21 bits per heavy atom. The lowest BCUT2D eigenvalue weighted by atomic mass is 9.95. The molecule has 1 aromatic heterocycles. The van der Waals surface area contributed by atoms with Crippen LogP contribution in [0.25, 0.3) is 0 Å². The van der Waals surface area contributed by atoms with Crippen LogP contribution in [-0.4, -0.2) is 24.0 Å². The first-order valence-electron chi connectivity index (χ1n) is 8.59. The molecule has 11 heteroatoms. The molecule has 3 rings (SSSR count). The monoisotopic (exact) mass is 466 g/mol. The molecular formula is C18H16Cl3F3N4O. The third-order valence-electron chi connectivity index (χ3n) is 4.66. The molecule has 1 amide bonds. The number of hydrogen-bond acceptors (Lipinski definition) is 4. The molecule has 2 aromatic rings. The highest BCUT2D eigenvalue weighted by atomic mass is 35.5. The average Bonchev–Trinajstić information content (AvgIpc) is 2.65. The number of alkyl halides is 3. The molecule has 1 saturated heterocycles. The molecule has 0 bridgehead atoms. The summed E-state index contributed by atoms with van der Waals surface area (Å²) < 4.78 is 38.3. The minimum atomic E-state index is -4.51. The van der Waals surface area contributed by atoms with Gasteiger partial charge in [0.25, 0.3) is 0 Å². The molecule has 0 unspecified atom stereocenters. The summed E-state index contributed by atoms with van der Waals surface area (Å²) >= 11 is 17.9. The van der Waals surface area contributed by atoms with Gasteiger partial charge in [0.2, 0.25) is 5.91 Å². The zero-order chi connectivity index (χ0) is 21.3. The van der Waals surface area contributed by atoms with Crippen LogP contribution < -0.4 is 16.0 Å². The Labute approximate surface area is 179 Å². The highest BCUT2D eigenvalue weighted by molar-refractivity contribution is 6.39. The Morgan fingerprint density at radius 1 is 1.10 bits per heavy atom. The van der Waals surface area contributed by atoms with E-state index in [2.05, 4.69) is 10.3 Å². The molecule has 0 aliphatic carbocycles. The Kier molecular flexibility index (Phi) is 6.36. The van der Waals surface area contributed by atoms with E-state index in [-0.39, 0.29) is 38.4 Å². The van der Waals surface area contributed by atoms with Crippen LogP contribution in [0.15, 0.2) is 24.4 Å². The van der Waals surface area contributed by atoms with Crippen molar-refractivity contribution in [2.75, 3.05) is 29.0 Å². The summed E-state index contributed by atoms with van der Waals surface area (Å²) in [5, 5.41) is 3.17. The minimum absolute atomic E-state index is 0.0751. The lowest BCUT2D eigenvalue weighted by Gasteiger charge is -2.32. The molecule has 0 atom stereocenters. The lowest BCUT2D eigenvalue weighted by molar-refractivity contribution is -0.137. The molecular weight excluding hydrogens is 452 g/mol. The summed E-state index contributed by atoms with van der Waals surface area (Å²) in [6, 6.07) is 3.89. The maximum Gasteiger partial charge on any atom is 0.417 e. The first-order valence-corrected chi connectivity index (χ1v) is 9.72. The van der Waals surface area contributed by atoms with Gasteiger partial charge in [0.15, 0.2) is 0 Å². The Balaban J connectivity index is 1.62. The molecule has 1 aliphatic rings. The molecule has 5 nitrogen and oxygen atoms in total. The predicted molar refractivity (Wildman–Crippen MR) is 109 cm³/mol. The van der Waals surface area contributed by atoms with E-state index in [1.807, 2.05) is 0 Å². The van der Waals surface area contributed by atoms with Gasteiger partial charge in [0.1, 0.15) is 5.82 Å². The number of carbonyl (C=O) groups excluding carboxylic acids is 1. The van der Waals surface area contributed by atoms with Gasteiger partial charge in [-0.2, -0.15) is 13.2 Å². The van der Waals surface area contributed by atoms with Crippen molar-refractivity contribution in [1.29, 1.82) is 0 Å². The standard InChI is InChI=1S/C18H16Cl3F3N4O/c19-12-6-11(7-13(20)15(12)25)27-17(29)9-1-3-28(4-2-9)16-14(21)5-10(8-26-16)18(22,23)24/h5-9H,1-4,25H2,(H,27,29). The Bertz CT molecular complexity index is 908. The van der Waals surface area contributed by atoms with E-state index in [1.54, 1.807) is 4.90 Å². The fourth-order valence-corrected chi connectivity index (χ4v) is 3.85. The van der Waals surface area contributed by atoms with Crippen LogP contribution in [0.4, 0.5) is 30.4 Å². The molecule has 0 spiro atoms. The number of aromatic nitrogens is 1. The largest absolute Gasteiger partial charge is 0.417 e. The fourth-order valence-electron chi connectivity index (χ4n) is 3.07. The zero-order valence-electron chi connectivity index (χ0n) is 14.9. The van der Waals surface area contributed by atoms with Crippen LogP contribution in [0.5, 0.6) is 0 Å². The van der Waals surface area contributed by atoms with Crippen LogP contribution in [0.2, 0.25) is 15.1 Å². The number of anilines is 3. The van der Waals surface area contributed by atoms with E-state index >= 15 is 0 Å². The number of nitrogen functional groups attached to an aromatic ring is 1. The number of hydrogen-bond donors (Lipinski definition) is 2. The maximum absolute atomic E-state index is 12.8. The molecule has 1 aliphatic heterocycles. The van der Waals surface area contributed by atoms with Gasteiger partial charge < -0.3 is 16.0 Å². The van der Waals surface area contributed by atoms with Crippen LogP contribution in [0.1, 0.15) is 18.4 Å². The summed E-state index contributed by atoms with van der Waals surface area (Å²) in [4.78, 5) is 18.2. The number of nitrogens with two attached hydrogens (primary N) is 1. The van der Waals surface area contributed by atoms with Crippen molar-refractivity contribution in [1.82, 2.24) is 4.98 Å². The van der Waals surface area contributed by atoms with Gasteiger partial charge in [0.05, 0.1) is 26.3 Å². The molecule has 1 aromatic carbocycles. The van der Waals surface area contributed by atoms with Crippen molar-refractivity contribution in [3.8, 4) is 0 Å². The van der Waals surface area contributed by atoms with E-state index in [4.69, 9.17) is 40.5 Å². The van der Waals surface area contributed by atoms with Crippen molar-refractivity contribution in [2.24, 2.45) is 5.92 Å². The normalized spacial score (nSPS) is 15.4. The maximum atomic E-state index is 12.8. The third kappa shape index (κ3) is 4.99. The highest BCUT2D eigenvalue weighted by Gasteiger charge is 2.33. The molecule has 3 N–H and O–H groups in total. The van der Waals surface area contributed by atoms with Crippen molar-refractivity contribution in [2.45, 2.75) is 19.0 Å². The van der Waals surface area contributed by atoms with Crippen molar-refractivity contribution in [3.05, 3.63) is 45.0 Å². The van der Waals surface area contributed by atoms with Crippen LogP contribution >= 0.6 is 34.8 Å². The average molecular weight is 468 g/mol. The number of nitrogens with zero attached hydrogens (tertiary/aromatic N) is 2. The summed E-state index contributed by atoms with van der Waals surface area (Å²) in [6.45, 7) is 0.860. The second-order valence-corrected chi connectivity index (χ2v) is 7.85. The smallest absolute Gasteiger partial charge is 0.396 e. The van der Waals surface area contributed by atoms with Crippen LogP contribution in [-0.2, 0) is 11.0 Å². The summed E-state index contributed by atoms with van der Waals surface area (Å²) in [5.41, 5.74) is 5.45. The number of carbonyl (C=O) groups is 1. The number of amides is 1. The number of benzene rings is 1. The van der Waals surface area contributed by atoms with Gasteiger partial charge >= 0.3 is 6.18 Å². The number of halogens is 6. The first kappa shape index (κ1) is 21.8. The van der Waals surface area contributed by atoms with Gasteiger partial charge in [-0.3, -0.25) is 4.79 Å². The SMILES string of the molecule is Nc1c(Cl)cc(NC(=O)C2CCN(c3ncc(C(F)(F)F)cc3Cl)CC2)cc1Cl. The van der Waals surface area contributed by atoms with Crippen LogP contribution in [0, 0.1) is 5.92 Å². The molecule has 2 heterocycles. The highest BCUT2D eigenvalue weighted by Crippen LogP contribution is 2.35. The minimum Gasteiger partial charge on any atom is -0.396 e. The second kappa shape index (κ2) is 8.45. The number of rotatable bonds is 3. The van der Waals surface area contributed by atoms with E-state index < -0.39 is 11.7 Å². The number of pyridine rings is 1. The summed E-state index contributed by atoms with van der Waals surface area (Å²) in [6.07, 6.45) is -2.77. The molecule has 29 heavy (non-hydrogen) atoms. The lowest BCUT2D eigenvalue weighted by Crippen LogP contribution is -2.38. The molecule has 156 valence electrons. The van der Waals surface area contributed by atoms with Crippen molar-refractivity contribution < 1.29 is 18.0 Å². The Morgan fingerprint density at radius 2 is 1.69 bits per heavy atom. The first-order chi connectivity index (χ1) is 13.6. The van der Waals surface area contributed by atoms with Gasteiger partial charge in [-0.15, -0.1) is 0 Å². The van der Waals surface area contributed by atoms with E-state index in [0.717, 1.165) is 12.3 Å². The number of nitrogens with one attached hydrogen (secondary N) is 1. The van der Waals surface area contributed by atoms with Gasteiger partial charge in [-0.05, 0) is 31.0 Å². The van der Waals surface area contributed by atoms with Gasteiger partial charge in [0, 0.05) is 30.9 Å². The zero-order valence-corrected chi connectivity index (χ0v) is 17.1. The van der Waals surface area contributed by atoms with E-state index in [9.17, 15) is 18.0 Å².